The molecule has 1 N–H and O–H groups in total. The summed E-state index contributed by atoms with van der Waals surface area (Å²) in [6.45, 7) is 9.13. The molecule has 1 aromatic rings. The van der Waals surface area contributed by atoms with Gasteiger partial charge in [0.1, 0.15) is 5.82 Å². The minimum Gasteiger partial charge on any atom is -0.345 e. The summed E-state index contributed by atoms with van der Waals surface area (Å²) in [6, 6.07) is 0.427. The summed E-state index contributed by atoms with van der Waals surface area (Å²) in [5, 5.41) is 7.96. The van der Waals surface area contributed by atoms with Gasteiger partial charge in [0, 0.05) is 45.3 Å². The third-order valence-corrected chi connectivity index (χ3v) is 3.76. The average Bonchev–Trinajstić information content (AvgIpc) is 2.65. The van der Waals surface area contributed by atoms with Crippen LogP contribution in [-0.4, -0.2) is 53.3 Å². The maximum absolute atomic E-state index is 11.9. The Kier molecular flexibility index (Phi) is 4.32. The van der Waals surface area contributed by atoms with Crippen LogP contribution in [0.25, 0.3) is 0 Å². The summed E-state index contributed by atoms with van der Waals surface area (Å²) in [4.78, 5) is 15.8. The van der Waals surface area contributed by atoms with E-state index in [1.54, 1.807) is 4.90 Å². The van der Waals surface area contributed by atoms with Crippen molar-refractivity contribution in [1.82, 2.24) is 20.0 Å². The predicted octanol–water partition coefficient (Wildman–Crippen LogP) is 0.505. The van der Waals surface area contributed by atoms with Crippen LogP contribution < -0.4 is 10.2 Å². The molecule has 0 aliphatic carbocycles. The number of carbonyl (C=O) groups is 1. The average molecular weight is 279 g/mol. The molecule has 0 radical (unpaired) electrons. The largest absolute Gasteiger partial charge is 0.345 e. The van der Waals surface area contributed by atoms with Crippen molar-refractivity contribution in [1.29, 1.82) is 0 Å². The van der Waals surface area contributed by atoms with Gasteiger partial charge in [0.25, 0.3) is 0 Å². The Balaban J connectivity index is 2.24. The van der Waals surface area contributed by atoms with Gasteiger partial charge in [-0.15, -0.1) is 0 Å². The van der Waals surface area contributed by atoms with E-state index in [9.17, 15) is 4.79 Å². The normalized spacial score (nSPS) is 16.4. The van der Waals surface area contributed by atoms with Crippen molar-refractivity contribution in [3.8, 4) is 0 Å². The third kappa shape index (κ3) is 2.95. The zero-order valence-corrected chi connectivity index (χ0v) is 13.1. The number of aryl methyl sites for hydroxylation is 2. The molecule has 6 nitrogen and oxygen atoms in total. The molecular weight excluding hydrogens is 254 g/mol. The Bertz CT molecular complexity index is 494. The Morgan fingerprint density at radius 1 is 1.30 bits per heavy atom. The van der Waals surface area contributed by atoms with Gasteiger partial charge in [-0.2, -0.15) is 5.10 Å². The molecule has 0 atom stereocenters. The van der Waals surface area contributed by atoms with E-state index in [1.807, 2.05) is 25.7 Å². The summed E-state index contributed by atoms with van der Waals surface area (Å²) >= 11 is 0. The third-order valence-electron chi connectivity index (χ3n) is 3.76. The van der Waals surface area contributed by atoms with Crippen molar-refractivity contribution in [3.63, 3.8) is 0 Å². The van der Waals surface area contributed by atoms with E-state index in [4.69, 9.17) is 0 Å². The second kappa shape index (κ2) is 5.83. The van der Waals surface area contributed by atoms with Gasteiger partial charge < -0.3 is 15.1 Å². The number of amides is 1. The van der Waals surface area contributed by atoms with Crippen molar-refractivity contribution < 1.29 is 4.79 Å². The van der Waals surface area contributed by atoms with Crippen LogP contribution in [0.2, 0.25) is 0 Å². The van der Waals surface area contributed by atoms with Gasteiger partial charge in [0.15, 0.2) is 0 Å². The number of nitrogens with zero attached hydrogens (tertiary/aromatic N) is 4. The van der Waals surface area contributed by atoms with Gasteiger partial charge in [0.05, 0.1) is 12.2 Å². The molecule has 20 heavy (non-hydrogen) atoms. The fourth-order valence-corrected chi connectivity index (χ4v) is 2.54. The molecule has 6 heteroatoms. The van der Waals surface area contributed by atoms with Gasteiger partial charge in [-0.3, -0.25) is 9.48 Å². The minimum absolute atomic E-state index is 0.165. The maximum atomic E-state index is 11.9. The van der Waals surface area contributed by atoms with Gasteiger partial charge in [-0.25, -0.2) is 0 Å². The van der Waals surface area contributed by atoms with E-state index < -0.39 is 0 Å². The Morgan fingerprint density at radius 2 is 2.00 bits per heavy atom. The summed E-state index contributed by atoms with van der Waals surface area (Å²) in [7, 11) is 3.80. The first-order valence-electron chi connectivity index (χ1n) is 7.15. The number of piperazine rings is 1. The van der Waals surface area contributed by atoms with E-state index in [1.165, 1.54) is 5.56 Å². The number of hydrogen-bond acceptors (Lipinski definition) is 4. The molecule has 1 aromatic heterocycles. The molecule has 2 rings (SSSR count). The molecule has 0 saturated carbocycles. The molecule has 2 heterocycles. The van der Waals surface area contributed by atoms with Gasteiger partial charge in [-0.05, 0) is 6.92 Å². The first kappa shape index (κ1) is 14.8. The lowest BCUT2D eigenvalue weighted by atomic mass is 10.2. The van der Waals surface area contributed by atoms with Gasteiger partial charge >= 0.3 is 0 Å². The topological polar surface area (TPSA) is 53.4 Å². The van der Waals surface area contributed by atoms with Crippen molar-refractivity contribution in [2.45, 2.75) is 33.4 Å². The number of rotatable bonds is 4. The molecule has 0 unspecified atom stereocenters. The molecule has 112 valence electrons. The van der Waals surface area contributed by atoms with Crippen LogP contribution in [0.15, 0.2) is 0 Å². The lowest BCUT2D eigenvalue weighted by Gasteiger charge is -2.34. The van der Waals surface area contributed by atoms with Crippen molar-refractivity contribution in [3.05, 3.63) is 11.3 Å². The molecule has 1 fully saturated rings. The molecule has 1 amide bonds. The van der Waals surface area contributed by atoms with Crippen LogP contribution in [0.4, 0.5) is 5.82 Å². The van der Waals surface area contributed by atoms with Crippen LogP contribution in [0, 0.1) is 6.92 Å². The summed E-state index contributed by atoms with van der Waals surface area (Å²) in [6.07, 6.45) is 0. The summed E-state index contributed by atoms with van der Waals surface area (Å²) in [5.74, 6) is 1.23. The Hall–Kier alpha value is -1.56. The van der Waals surface area contributed by atoms with Crippen LogP contribution in [0.5, 0.6) is 0 Å². The predicted molar refractivity (Wildman–Crippen MR) is 79.8 cm³/mol. The second-order valence-electron chi connectivity index (χ2n) is 5.78. The van der Waals surface area contributed by atoms with E-state index in [2.05, 4.69) is 29.2 Å². The Labute approximate surface area is 120 Å². The molecule has 1 saturated heterocycles. The first-order valence-corrected chi connectivity index (χ1v) is 7.15. The van der Waals surface area contributed by atoms with Gasteiger partial charge in [-0.1, -0.05) is 13.8 Å². The van der Waals surface area contributed by atoms with Gasteiger partial charge in [0.2, 0.25) is 5.91 Å². The van der Waals surface area contributed by atoms with Crippen LogP contribution in [0.3, 0.4) is 0 Å². The minimum atomic E-state index is 0.165. The summed E-state index contributed by atoms with van der Waals surface area (Å²) < 4.78 is 1.89. The number of anilines is 1. The zero-order valence-electron chi connectivity index (χ0n) is 13.1. The summed E-state index contributed by atoms with van der Waals surface area (Å²) in [5.41, 5.74) is 2.22. The van der Waals surface area contributed by atoms with Crippen molar-refractivity contribution in [2.75, 3.05) is 31.6 Å². The number of nitrogens with one attached hydrogen (secondary N) is 1. The molecule has 0 spiro atoms. The smallest absolute Gasteiger partial charge is 0.241 e. The van der Waals surface area contributed by atoms with Crippen LogP contribution in [0.1, 0.15) is 25.1 Å². The fraction of sp³-hybridized carbons (Fsp3) is 0.714. The SMILES string of the molecule is Cc1nn(C)c(N2CCN(C)C(=O)C2)c1CNC(C)C. The van der Waals surface area contributed by atoms with E-state index in [0.717, 1.165) is 31.1 Å². The zero-order chi connectivity index (χ0) is 14.9. The quantitative estimate of drug-likeness (QED) is 0.872. The maximum Gasteiger partial charge on any atom is 0.241 e. The molecule has 1 aliphatic heterocycles. The number of carbonyl (C=O) groups excluding carboxylic acids is 1. The highest BCUT2D eigenvalue weighted by Crippen LogP contribution is 2.24. The van der Waals surface area contributed by atoms with E-state index >= 15 is 0 Å². The highest BCUT2D eigenvalue weighted by Gasteiger charge is 2.26. The second-order valence-corrected chi connectivity index (χ2v) is 5.78. The van der Waals surface area contributed by atoms with Crippen LogP contribution in [-0.2, 0) is 18.4 Å². The number of aromatic nitrogens is 2. The fourth-order valence-electron chi connectivity index (χ4n) is 2.54. The lowest BCUT2D eigenvalue weighted by Crippen LogP contribution is -2.49. The lowest BCUT2D eigenvalue weighted by molar-refractivity contribution is -0.129. The van der Waals surface area contributed by atoms with E-state index in [-0.39, 0.29) is 5.91 Å². The molecule has 0 bridgehead atoms. The molecule has 1 aliphatic rings. The van der Waals surface area contributed by atoms with Crippen LogP contribution >= 0.6 is 0 Å². The monoisotopic (exact) mass is 279 g/mol. The highest BCUT2D eigenvalue weighted by atomic mass is 16.2. The first-order chi connectivity index (χ1) is 9.40. The highest BCUT2D eigenvalue weighted by molar-refractivity contribution is 5.82. The molecule has 0 aromatic carbocycles. The molecular formula is C14H25N5O. The van der Waals surface area contributed by atoms with Crippen molar-refractivity contribution >= 4 is 11.7 Å². The number of hydrogen-bond donors (Lipinski definition) is 1. The standard InChI is InChI=1S/C14H25N5O/c1-10(2)15-8-12-11(3)16-18(5)14(12)19-7-6-17(4)13(20)9-19/h10,15H,6-9H2,1-5H3. The number of likely N-dealkylation sites (N-methyl/N-ethyl adjacent to an activating group) is 1. The van der Waals surface area contributed by atoms with E-state index in [0.29, 0.717) is 12.6 Å². The van der Waals surface area contributed by atoms with Crippen molar-refractivity contribution in [2.24, 2.45) is 7.05 Å². The Morgan fingerprint density at radius 3 is 2.60 bits per heavy atom.